The van der Waals surface area contributed by atoms with Crippen LogP contribution in [0.2, 0.25) is 0 Å². The predicted octanol–water partition coefficient (Wildman–Crippen LogP) is 2.61. The van der Waals surface area contributed by atoms with Gasteiger partial charge in [-0.2, -0.15) is 4.31 Å². The molecule has 2 aromatic heterocycles. The van der Waals surface area contributed by atoms with E-state index in [1.54, 1.807) is 13.0 Å². The lowest BCUT2D eigenvalue weighted by Crippen LogP contribution is -2.40. The number of hydrogen-bond acceptors (Lipinski definition) is 10. The summed E-state index contributed by atoms with van der Waals surface area (Å²) in [5.74, 6) is -1.68. The number of rotatable bonds is 9. The summed E-state index contributed by atoms with van der Waals surface area (Å²) in [7, 11) is -3.64. The second kappa shape index (κ2) is 11.8. The number of morpholine rings is 1. The minimum absolute atomic E-state index is 0.151. The Kier molecular flexibility index (Phi) is 8.78. The number of sulfonamides is 1. The van der Waals surface area contributed by atoms with Gasteiger partial charge in [-0.15, -0.1) is 22.7 Å². The van der Waals surface area contributed by atoms with Crippen molar-refractivity contribution in [2.45, 2.75) is 43.2 Å². The zero-order chi connectivity index (χ0) is 25.7. The van der Waals surface area contributed by atoms with Gasteiger partial charge < -0.3 is 19.5 Å². The third kappa shape index (κ3) is 6.14. The summed E-state index contributed by atoms with van der Waals surface area (Å²) < 4.78 is 42.5. The van der Waals surface area contributed by atoms with E-state index in [2.05, 4.69) is 5.32 Å². The van der Waals surface area contributed by atoms with Gasteiger partial charge in [0.05, 0.1) is 31.8 Å². The smallest absolute Gasteiger partial charge is 0.341 e. The molecule has 3 heterocycles. The van der Waals surface area contributed by atoms with E-state index in [9.17, 15) is 22.8 Å². The molecular formula is C23H28N2O8S3. The number of nitrogens with zero attached hydrogens (tertiary/aromatic N) is 1. The van der Waals surface area contributed by atoms with E-state index >= 15 is 0 Å². The summed E-state index contributed by atoms with van der Waals surface area (Å²) in [5.41, 5.74) is 1.32. The number of carbonyl (C=O) groups is 3. The quantitative estimate of drug-likeness (QED) is 0.467. The van der Waals surface area contributed by atoms with Gasteiger partial charge in [0.25, 0.3) is 15.9 Å². The number of amides is 1. The van der Waals surface area contributed by atoms with Gasteiger partial charge in [0.2, 0.25) is 0 Å². The van der Waals surface area contributed by atoms with Gasteiger partial charge in [-0.1, -0.05) is 0 Å². The van der Waals surface area contributed by atoms with Crippen molar-refractivity contribution in [3.05, 3.63) is 33.0 Å². The second-order valence-corrected chi connectivity index (χ2v) is 12.7. The number of thiophene rings is 2. The minimum Gasteiger partial charge on any atom is -0.462 e. The predicted molar refractivity (Wildman–Crippen MR) is 134 cm³/mol. The van der Waals surface area contributed by atoms with Crippen molar-refractivity contribution in [3.63, 3.8) is 0 Å². The van der Waals surface area contributed by atoms with Gasteiger partial charge in [0, 0.05) is 22.8 Å². The second-order valence-electron chi connectivity index (χ2n) is 8.26. The maximum absolute atomic E-state index is 12.7. The van der Waals surface area contributed by atoms with E-state index in [4.69, 9.17) is 14.2 Å². The zero-order valence-corrected chi connectivity index (χ0v) is 22.3. The molecule has 0 unspecified atom stereocenters. The summed E-state index contributed by atoms with van der Waals surface area (Å²) in [5, 5.41) is 3.11. The third-order valence-electron chi connectivity index (χ3n) is 5.79. The Hall–Kier alpha value is -2.32. The zero-order valence-electron chi connectivity index (χ0n) is 19.9. The van der Waals surface area contributed by atoms with Gasteiger partial charge in [-0.3, -0.25) is 9.59 Å². The average Bonchev–Trinajstić information content (AvgIpc) is 3.48. The lowest BCUT2D eigenvalue weighted by molar-refractivity contribution is -0.146. The highest BCUT2D eigenvalue weighted by Gasteiger charge is 2.29. The number of aryl methyl sites for hydroxylation is 1. The highest BCUT2D eigenvalue weighted by Crippen LogP contribution is 2.38. The van der Waals surface area contributed by atoms with Crippen LogP contribution < -0.4 is 5.32 Å². The number of ether oxygens (including phenoxy) is 3. The fourth-order valence-electron chi connectivity index (χ4n) is 4.08. The van der Waals surface area contributed by atoms with Crippen LogP contribution in [0.15, 0.2) is 16.3 Å². The van der Waals surface area contributed by atoms with Crippen LogP contribution in [0, 0.1) is 0 Å². The number of carbonyl (C=O) groups excluding carboxylic acids is 3. The molecule has 196 valence electrons. The molecule has 4 rings (SSSR count). The Balaban J connectivity index is 1.33. The standard InChI is InChI=1S/C23H28N2O8S3/c1-2-32-23(28)21-16-5-3-4-6-17(16)35-22(21)24-18(26)14-33-19(27)13-15-7-8-20(34-15)36(29,30)25-9-11-31-12-10-25/h7-8H,2-6,9-14H2,1H3,(H,24,26). The van der Waals surface area contributed by atoms with E-state index in [-0.39, 0.29) is 30.3 Å². The molecule has 0 radical (unpaired) electrons. The van der Waals surface area contributed by atoms with Crippen molar-refractivity contribution >= 4 is 55.5 Å². The molecule has 2 aliphatic rings. The van der Waals surface area contributed by atoms with Crippen molar-refractivity contribution in [2.75, 3.05) is 44.8 Å². The van der Waals surface area contributed by atoms with Gasteiger partial charge in [-0.25, -0.2) is 13.2 Å². The molecular weight excluding hydrogens is 528 g/mol. The molecule has 0 spiro atoms. The topological polar surface area (TPSA) is 128 Å². The Morgan fingerprint density at radius 1 is 1.08 bits per heavy atom. The Morgan fingerprint density at radius 2 is 1.83 bits per heavy atom. The molecule has 0 aromatic carbocycles. The van der Waals surface area contributed by atoms with Crippen LogP contribution in [0.3, 0.4) is 0 Å². The monoisotopic (exact) mass is 556 g/mol. The Bertz CT molecular complexity index is 1230. The van der Waals surface area contributed by atoms with E-state index in [0.29, 0.717) is 28.7 Å². The molecule has 1 saturated heterocycles. The number of anilines is 1. The lowest BCUT2D eigenvalue weighted by atomic mass is 9.95. The van der Waals surface area contributed by atoms with Gasteiger partial charge in [0.1, 0.15) is 9.21 Å². The van der Waals surface area contributed by atoms with Crippen LogP contribution in [-0.2, 0) is 53.1 Å². The number of nitrogens with one attached hydrogen (secondary N) is 1. The first-order chi connectivity index (χ1) is 17.3. The fraction of sp³-hybridized carbons (Fsp3) is 0.522. The first-order valence-corrected chi connectivity index (χ1v) is 14.8. The first-order valence-electron chi connectivity index (χ1n) is 11.7. The van der Waals surface area contributed by atoms with E-state index in [0.717, 1.165) is 47.5 Å². The molecule has 1 N–H and O–H groups in total. The normalized spacial score (nSPS) is 16.2. The van der Waals surface area contributed by atoms with Crippen LogP contribution in [0.4, 0.5) is 5.00 Å². The first kappa shape index (κ1) is 26.7. The molecule has 13 heteroatoms. The summed E-state index contributed by atoms with van der Waals surface area (Å²) in [4.78, 5) is 38.9. The maximum Gasteiger partial charge on any atom is 0.341 e. The van der Waals surface area contributed by atoms with Crippen LogP contribution in [0.25, 0.3) is 0 Å². The largest absolute Gasteiger partial charge is 0.462 e. The highest BCUT2D eigenvalue weighted by atomic mass is 32.2. The lowest BCUT2D eigenvalue weighted by Gasteiger charge is -2.25. The van der Waals surface area contributed by atoms with Crippen molar-refractivity contribution in [3.8, 4) is 0 Å². The van der Waals surface area contributed by atoms with Crippen molar-refractivity contribution in [1.82, 2.24) is 4.31 Å². The maximum atomic E-state index is 12.7. The van der Waals surface area contributed by atoms with Crippen molar-refractivity contribution < 1.29 is 37.0 Å². The molecule has 10 nitrogen and oxygen atoms in total. The average molecular weight is 557 g/mol. The third-order valence-corrected chi connectivity index (χ3v) is 10.4. The highest BCUT2D eigenvalue weighted by molar-refractivity contribution is 7.91. The van der Waals surface area contributed by atoms with Gasteiger partial charge in [-0.05, 0) is 50.3 Å². The Morgan fingerprint density at radius 3 is 2.58 bits per heavy atom. The number of fused-ring (bicyclic) bond motifs is 1. The molecule has 1 amide bonds. The summed E-state index contributed by atoms with van der Waals surface area (Å²) >= 11 is 2.36. The molecule has 0 bridgehead atoms. The number of esters is 2. The van der Waals surface area contributed by atoms with E-state index in [1.165, 1.54) is 21.7 Å². The summed E-state index contributed by atoms with van der Waals surface area (Å²) in [6.07, 6.45) is 3.45. The van der Waals surface area contributed by atoms with Crippen LogP contribution >= 0.6 is 22.7 Å². The van der Waals surface area contributed by atoms with Crippen molar-refractivity contribution in [1.29, 1.82) is 0 Å². The molecule has 36 heavy (non-hydrogen) atoms. The molecule has 2 aromatic rings. The van der Waals surface area contributed by atoms with Gasteiger partial charge >= 0.3 is 11.9 Å². The van der Waals surface area contributed by atoms with E-state index < -0.39 is 34.5 Å². The summed E-state index contributed by atoms with van der Waals surface area (Å²) in [6.45, 7) is 2.71. The van der Waals surface area contributed by atoms with Crippen LogP contribution in [0.5, 0.6) is 0 Å². The fourth-order valence-corrected chi connectivity index (χ4v) is 8.28. The molecule has 0 saturated carbocycles. The van der Waals surface area contributed by atoms with Crippen LogP contribution in [-0.4, -0.2) is 70.1 Å². The molecule has 1 aliphatic heterocycles. The van der Waals surface area contributed by atoms with E-state index in [1.807, 2.05) is 0 Å². The Labute approximate surface area is 217 Å². The molecule has 1 fully saturated rings. The van der Waals surface area contributed by atoms with Gasteiger partial charge in [0.15, 0.2) is 6.61 Å². The summed E-state index contributed by atoms with van der Waals surface area (Å²) in [6, 6.07) is 3.04. The van der Waals surface area contributed by atoms with Crippen molar-refractivity contribution in [2.24, 2.45) is 0 Å². The number of hydrogen-bond donors (Lipinski definition) is 1. The molecule has 1 aliphatic carbocycles. The minimum atomic E-state index is -3.64. The van der Waals surface area contributed by atoms with Crippen LogP contribution in [0.1, 0.15) is 45.4 Å². The SMILES string of the molecule is CCOC(=O)c1c(NC(=O)COC(=O)Cc2ccc(S(=O)(=O)N3CCOCC3)s2)sc2c1CCCC2. The molecule has 0 atom stereocenters.